The summed E-state index contributed by atoms with van der Waals surface area (Å²) in [6.07, 6.45) is 2.00. The fourth-order valence-electron chi connectivity index (χ4n) is 2.74. The van der Waals surface area contributed by atoms with E-state index in [2.05, 4.69) is 34.5 Å². The molecule has 4 heteroatoms. The van der Waals surface area contributed by atoms with Crippen LogP contribution in [-0.2, 0) is 11.3 Å². The highest BCUT2D eigenvalue weighted by Gasteiger charge is 2.37. The largest absolute Gasteiger partial charge is 0.378 e. The third kappa shape index (κ3) is 3.12. The van der Waals surface area contributed by atoms with Crippen LogP contribution in [0.5, 0.6) is 0 Å². The summed E-state index contributed by atoms with van der Waals surface area (Å²) in [7, 11) is 5.93. The molecule has 1 heterocycles. The highest BCUT2D eigenvalue weighted by atomic mass is 16.2. The average molecular weight is 275 g/mol. The number of nitrogens with zero attached hydrogens (tertiary/aromatic N) is 2. The topological polar surface area (TPSA) is 35.6 Å². The zero-order valence-electron chi connectivity index (χ0n) is 12.9. The van der Waals surface area contributed by atoms with Crippen molar-refractivity contribution in [3.8, 4) is 0 Å². The number of rotatable bonds is 4. The fourth-order valence-corrected chi connectivity index (χ4v) is 2.74. The van der Waals surface area contributed by atoms with Crippen molar-refractivity contribution in [1.29, 1.82) is 0 Å². The van der Waals surface area contributed by atoms with Gasteiger partial charge in [-0.1, -0.05) is 12.1 Å². The van der Waals surface area contributed by atoms with E-state index in [1.807, 2.05) is 33.0 Å². The number of anilines is 1. The minimum atomic E-state index is -0.377. The summed E-state index contributed by atoms with van der Waals surface area (Å²) < 4.78 is 0. The summed E-state index contributed by atoms with van der Waals surface area (Å²) in [4.78, 5) is 16.4. The lowest BCUT2D eigenvalue weighted by Gasteiger charge is -2.29. The molecule has 0 aromatic heterocycles. The van der Waals surface area contributed by atoms with Crippen molar-refractivity contribution in [2.45, 2.75) is 31.8 Å². The van der Waals surface area contributed by atoms with Crippen LogP contribution in [0.1, 0.15) is 25.3 Å². The molecule has 1 aromatic rings. The molecule has 1 amide bonds. The number of carbonyl (C=O) groups excluding carboxylic acids is 1. The fraction of sp³-hybridized carbons (Fsp3) is 0.562. The lowest BCUT2D eigenvalue weighted by atomic mass is 9.98. The number of likely N-dealkylation sites (N-methyl/N-ethyl adjacent to an activating group) is 1. The zero-order chi connectivity index (χ0) is 14.8. The first-order valence-corrected chi connectivity index (χ1v) is 7.19. The van der Waals surface area contributed by atoms with Gasteiger partial charge >= 0.3 is 0 Å². The Labute approximate surface area is 121 Å². The maximum absolute atomic E-state index is 12.5. The van der Waals surface area contributed by atoms with Crippen molar-refractivity contribution in [2.75, 3.05) is 32.6 Å². The summed E-state index contributed by atoms with van der Waals surface area (Å²) >= 11 is 0. The molecule has 1 aliphatic rings. The van der Waals surface area contributed by atoms with E-state index in [9.17, 15) is 4.79 Å². The smallest absolute Gasteiger partial charge is 0.242 e. The number of benzene rings is 1. The Morgan fingerprint density at radius 2 is 1.90 bits per heavy atom. The third-order valence-electron chi connectivity index (χ3n) is 4.06. The minimum absolute atomic E-state index is 0.187. The molecule has 1 atom stereocenters. The maximum atomic E-state index is 12.5. The number of nitrogens with one attached hydrogen (secondary N) is 1. The SMILES string of the molecule is CN(Cc1ccc(N(C)C)cc1)C(=O)C1(C)CCCN1. The molecule has 1 N–H and O–H groups in total. The Morgan fingerprint density at radius 3 is 2.40 bits per heavy atom. The van der Waals surface area contributed by atoms with Crippen molar-refractivity contribution in [2.24, 2.45) is 0 Å². The minimum Gasteiger partial charge on any atom is -0.378 e. The number of hydrogen-bond donors (Lipinski definition) is 1. The van der Waals surface area contributed by atoms with Crippen LogP contribution in [-0.4, -0.2) is 44.0 Å². The van der Waals surface area contributed by atoms with Crippen LogP contribution < -0.4 is 10.2 Å². The summed E-state index contributed by atoms with van der Waals surface area (Å²) in [5.74, 6) is 0.187. The van der Waals surface area contributed by atoms with Gasteiger partial charge in [-0.25, -0.2) is 0 Å². The van der Waals surface area contributed by atoms with E-state index in [1.165, 1.54) is 5.69 Å². The second kappa shape index (κ2) is 5.83. The van der Waals surface area contributed by atoms with Gasteiger partial charge in [-0.05, 0) is 44.0 Å². The third-order valence-corrected chi connectivity index (χ3v) is 4.06. The molecule has 0 aliphatic carbocycles. The molecule has 1 aliphatic heterocycles. The van der Waals surface area contributed by atoms with E-state index in [0.717, 1.165) is 24.9 Å². The molecule has 20 heavy (non-hydrogen) atoms. The first kappa shape index (κ1) is 14.9. The van der Waals surface area contributed by atoms with Gasteiger partial charge in [0.15, 0.2) is 0 Å². The van der Waals surface area contributed by atoms with E-state index < -0.39 is 0 Å². The molecule has 110 valence electrons. The Balaban J connectivity index is 2.00. The Morgan fingerprint density at radius 1 is 1.25 bits per heavy atom. The highest BCUT2D eigenvalue weighted by molar-refractivity contribution is 5.86. The van der Waals surface area contributed by atoms with E-state index in [1.54, 1.807) is 0 Å². The van der Waals surface area contributed by atoms with Crippen molar-refractivity contribution in [3.05, 3.63) is 29.8 Å². The molecule has 2 rings (SSSR count). The second-order valence-electron chi connectivity index (χ2n) is 6.08. The van der Waals surface area contributed by atoms with Gasteiger partial charge in [0.1, 0.15) is 0 Å². The molecular weight excluding hydrogens is 250 g/mol. The molecule has 0 saturated carbocycles. The first-order valence-electron chi connectivity index (χ1n) is 7.19. The van der Waals surface area contributed by atoms with Crippen LogP contribution in [0.4, 0.5) is 5.69 Å². The quantitative estimate of drug-likeness (QED) is 0.911. The number of carbonyl (C=O) groups is 1. The predicted molar refractivity (Wildman–Crippen MR) is 82.9 cm³/mol. The lowest BCUT2D eigenvalue weighted by molar-refractivity contribution is -0.136. The average Bonchev–Trinajstić information content (AvgIpc) is 2.86. The Hall–Kier alpha value is -1.55. The summed E-state index contributed by atoms with van der Waals surface area (Å²) in [5.41, 5.74) is 1.96. The van der Waals surface area contributed by atoms with E-state index in [-0.39, 0.29) is 11.4 Å². The van der Waals surface area contributed by atoms with Crippen LogP contribution in [0.15, 0.2) is 24.3 Å². The van der Waals surface area contributed by atoms with E-state index in [0.29, 0.717) is 6.54 Å². The number of amides is 1. The van der Waals surface area contributed by atoms with Crippen molar-refractivity contribution < 1.29 is 4.79 Å². The van der Waals surface area contributed by atoms with Gasteiger partial charge < -0.3 is 15.1 Å². The van der Waals surface area contributed by atoms with Crippen molar-refractivity contribution in [1.82, 2.24) is 10.2 Å². The molecule has 1 saturated heterocycles. The number of hydrogen-bond acceptors (Lipinski definition) is 3. The molecule has 4 nitrogen and oxygen atoms in total. The molecular formula is C16H25N3O. The lowest BCUT2D eigenvalue weighted by Crippen LogP contribution is -2.51. The van der Waals surface area contributed by atoms with Gasteiger partial charge in [-0.2, -0.15) is 0 Å². The van der Waals surface area contributed by atoms with Crippen molar-refractivity contribution in [3.63, 3.8) is 0 Å². The van der Waals surface area contributed by atoms with E-state index >= 15 is 0 Å². The molecule has 0 bridgehead atoms. The summed E-state index contributed by atoms with van der Waals surface area (Å²) in [6, 6.07) is 8.35. The van der Waals surface area contributed by atoms with Gasteiger partial charge in [0.25, 0.3) is 0 Å². The van der Waals surface area contributed by atoms with Gasteiger partial charge in [0.05, 0.1) is 5.54 Å². The zero-order valence-corrected chi connectivity index (χ0v) is 12.9. The van der Waals surface area contributed by atoms with Gasteiger partial charge in [0, 0.05) is 33.4 Å². The molecule has 1 fully saturated rings. The Kier molecular flexibility index (Phi) is 4.33. The maximum Gasteiger partial charge on any atom is 0.242 e. The highest BCUT2D eigenvalue weighted by Crippen LogP contribution is 2.22. The van der Waals surface area contributed by atoms with Crippen LogP contribution in [0, 0.1) is 0 Å². The molecule has 0 radical (unpaired) electrons. The summed E-state index contributed by atoms with van der Waals surface area (Å²) in [5, 5.41) is 3.33. The van der Waals surface area contributed by atoms with Crippen LogP contribution >= 0.6 is 0 Å². The predicted octanol–water partition coefficient (Wildman–Crippen LogP) is 1.85. The van der Waals surface area contributed by atoms with Crippen LogP contribution in [0.2, 0.25) is 0 Å². The Bertz CT molecular complexity index is 461. The first-order chi connectivity index (χ1) is 9.42. The van der Waals surface area contributed by atoms with Crippen LogP contribution in [0.3, 0.4) is 0 Å². The normalized spacial score (nSPS) is 21.8. The van der Waals surface area contributed by atoms with Crippen molar-refractivity contribution >= 4 is 11.6 Å². The molecule has 0 spiro atoms. The summed E-state index contributed by atoms with van der Waals surface area (Å²) in [6.45, 7) is 3.60. The van der Waals surface area contributed by atoms with Gasteiger partial charge in [0.2, 0.25) is 5.91 Å². The van der Waals surface area contributed by atoms with Crippen LogP contribution in [0.25, 0.3) is 0 Å². The van der Waals surface area contributed by atoms with Gasteiger partial charge in [-0.15, -0.1) is 0 Å². The monoisotopic (exact) mass is 275 g/mol. The second-order valence-corrected chi connectivity index (χ2v) is 6.08. The standard InChI is InChI=1S/C16H25N3O/c1-16(10-5-11-17-16)15(20)19(4)12-13-6-8-14(9-7-13)18(2)3/h6-9,17H,5,10-12H2,1-4H3. The van der Waals surface area contributed by atoms with Gasteiger partial charge in [-0.3, -0.25) is 4.79 Å². The van der Waals surface area contributed by atoms with E-state index in [4.69, 9.17) is 0 Å². The molecule has 1 unspecified atom stereocenters. The molecule has 1 aromatic carbocycles.